The van der Waals surface area contributed by atoms with Crippen LogP contribution in [0.1, 0.15) is 19.3 Å². The molecule has 0 amide bonds. The molecule has 1 heterocycles. The molecule has 5 heteroatoms. The fraction of sp³-hybridized carbons (Fsp3) is 0.556. The Hall–Kier alpha value is -1.52. The molecule has 0 atom stereocenters. The highest BCUT2D eigenvalue weighted by Gasteiger charge is 2.21. The third-order valence-electron chi connectivity index (χ3n) is 2.33. The first-order valence-electron chi connectivity index (χ1n) is 4.62. The number of nitrogen functional groups attached to an aromatic ring is 1. The number of hydrogen-bond donors (Lipinski definition) is 1. The summed E-state index contributed by atoms with van der Waals surface area (Å²) >= 11 is 0. The molecule has 2 rings (SSSR count). The van der Waals surface area contributed by atoms with Crippen LogP contribution in [-0.4, -0.2) is 23.2 Å². The maximum absolute atomic E-state index is 5.75. The molecule has 1 aromatic rings. The van der Waals surface area contributed by atoms with Gasteiger partial charge in [0.25, 0.3) is 0 Å². The lowest BCUT2D eigenvalue weighted by molar-refractivity contribution is 0.115. The van der Waals surface area contributed by atoms with Gasteiger partial charge in [-0.15, -0.1) is 0 Å². The van der Waals surface area contributed by atoms with E-state index < -0.39 is 0 Å². The van der Waals surface area contributed by atoms with E-state index in [-0.39, 0.29) is 6.10 Å². The average molecular weight is 195 g/mol. The van der Waals surface area contributed by atoms with E-state index in [1.54, 1.807) is 0 Å². The molecule has 5 nitrogen and oxygen atoms in total. The van der Waals surface area contributed by atoms with Gasteiger partial charge in [0.05, 0.1) is 7.11 Å². The summed E-state index contributed by atoms with van der Waals surface area (Å²) in [6.07, 6.45) is 5.02. The van der Waals surface area contributed by atoms with Crippen molar-refractivity contribution in [2.24, 2.45) is 0 Å². The quantitative estimate of drug-likeness (QED) is 0.779. The number of aromatic nitrogens is 2. The molecule has 1 fully saturated rings. The van der Waals surface area contributed by atoms with Crippen molar-refractivity contribution in [1.29, 1.82) is 0 Å². The number of methoxy groups -OCH3 is 1. The minimum Gasteiger partial charge on any atom is -0.479 e. The molecule has 0 spiro atoms. The van der Waals surface area contributed by atoms with Crippen LogP contribution in [0.4, 0.5) is 5.69 Å². The van der Waals surface area contributed by atoms with Crippen LogP contribution in [0.5, 0.6) is 11.8 Å². The standard InChI is InChI=1S/C9H13N3O2/c1-13-8-7(10)9(12-5-11-8)14-6-3-2-4-6/h5-6H,2-4,10H2,1H3. The van der Waals surface area contributed by atoms with Crippen LogP contribution in [0.15, 0.2) is 6.33 Å². The summed E-state index contributed by atoms with van der Waals surface area (Å²) in [6, 6.07) is 0. The van der Waals surface area contributed by atoms with E-state index in [0.717, 1.165) is 12.8 Å². The Balaban J connectivity index is 2.15. The Kier molecular flexibility index (Phi) is 2.39. The minimum absolute atomic E-state index is 0.261. The van der Waals surface area contributed by atoms with Crippen LogP contribution in [0, 0.1) is 0 Å². The zero-order valence-corrected chi connectivity index (χ0v) is 8.06. The third-order valence-corrected chi connectivity index (χ3v) is 2.33. The smallest absolute Gasteiger partial charge is 0.244 e. The minimum atomic E-state index is 0.261. The van der Waals surface area contributed by atoms with Gasteiger partial charge in [0.15, 0.2) is 5.69 Å². The van der Waals surface area contributed by atoms with Crippen molar-refractivity contribution in [2.45, 2.75) is 25.4 Å². The number of rotatable bonds is 3. The van der Waals surface area contributed by atoms with Gasteiger partial charge in [-0.25, -0.2) is 0 Å². The monoisotopic (exact) mass is 195 g/mol. The van der Waals surface area contributed by atoms with Crippen LogP contribution in [-0.2, 0) is 0 Å². The van der Waals surface area contributed by atoms with Crippen molar-refractivity contribution in [3.63, 3.8) is 0 Å². The number of nitrogens with two attached hydrogens (primary N) is 1. The van der Waals surface area contributed by atoms with E-state index in [2.05, 4.69) is 9.97 Å². The van der Waals surface area contributed by atoms with Gasteiger partial charge in [0.2, 0.25) is 11.8 Å². The van der Waals surface area contributed by atoms with Crippen LogP contribution in [0.2, 0.25) is 0 Å². The van der Waals surface area contributed by atoms with Crippen LogP contribution < -0.4 is 15.2 Å². The number of ether oxygens (including phenoxy) is 2. The maximum atomic E-state index is 5.75. The van der Waals surface area contributed by atoms with E-state index in [9.17, 15) is 0 Å². The summed E-state index contributed by atoms with van der Waals surface area (Å²) in [5.74, 6) is 0.802. The number of anilines is 1. The molecule has 76 valence electrons. The normalized spacial score (nSPS) is 16.1. The summed E-state index contributed by atoms with van der Waals surface area (Å²) in [7, 11) is 1.52. The number of nitrogens with zero attached hydrogens (tertiary/aromatic N) is 2. The maximum Gasteiger partial charge on any atom is 0.244 e. The van der Waals surface area contributed by atoms with Crippen LogP contribution in [0.3, 0.4) is 0 Å². The summed E-state index contributed by atoms with van der Waals surface area (Å²) in [5.41, 5.74) is 6.12. The largest absolute Gasteiger partial charge is 0.479 e. The van der Waals surface area contributed by atoms with Crippen LogP contribution in [0.25, 0.3) is 0 Å². The zero-order chi connectivity index (χ0) is 9.97. The highest BCUT2D eigenvalue weighted by molar-refractivity contribution is 5.55. The van der Waals surface area contributed by atoms with E-state index >= 15 is 0 Å². The summed E-state index contributed by atoms with van der Waals surface area (Å²) in [4.78, 5) is 7.84. The van der Waals surface area contributed by atoms with Crippen molar-refractivity contribution >= 4 is 5.69 Å². The molecule has 2 N–H and O–H groups in total. The van der Waals surface area contributed by atoms with E-state index in [4.69, 9.17) is 15.2 Å². The van der Waals surface area contributed by atoms with Crippen molar-refractivity contribution in [2.75, 3.05) is 12.8 Å². The van der Waals surface area contributed by atoms with E-state index in [1.165, 1.54) is 19.9 Å². The molecule has 0 radical (unpaired) electrons. The summed E-state index contributed by atoms with van der Waals surface area (Å²) in [6.45, 7) is 0. The zero-order valence-electron chi connectivity index (χ0n) is 8.06. The molecule has 1 saturated carbocycles. The molecule has 14 heavy (non-hydrogen) atoms. The van der Waals surface area contributed by atoms with Gasteiger partial charge in [-0.2, -0.15) is 9.97 Å². The molecule has 0 bridgehead atoms. The summed E-state index contributed by atoms with van der Waals surface area (Å²) < 4.78 is 10.5. The van der Waals surface area contributed by atoms with Gasteiger partial charge in [-0.05, 0) is 19.3 Å². The van der Waals surface area contributed by atoms with Gasteiger partial charge in [0.1, 0.15) is 12.4 Å². The van der Waals surface area contributed by atoms with Gasteiger partial charge in [0, 0.05) is 0 Å². The molecule has 1 aliphatic rings. The van der Waals surface area contributed by atoms with Gasteiger partial charge < -0.3 is 15.2 Å². The van der Waals surface area contributed by atoms with Crippen molar-refractivity contribution in [1.82, 2.24) is 9.97 Å². The van der Waals surface area contributed by atoms with Gasteiger partial charge in [-0.1, -0.05) is 0 Å². The molecule has 1 aliphatic carbocycles. The van der Waals surface area contributed by atoms with Gasteiger partial charge >= 0.3 is 0 Å². The lowest BCUT2D eigenvalue weighted by Gasteiger charge is -2.26. The predicted molar refractivity (Wildman–Crippen MR) is 51.3 cm³/mol. The van der Waals surface area contributed by atoms with Crippen molar-refractivity contribution < 1.29 is 9.47 Å². The average Bonchev–Trinajstić information content (AvgIpc) is 2.13. The predicted octanol–water partition coefficient (Wildman–Crippen LogP) is 0.999. The number of hydrogen-bond acceptors (Lipinski definition) is 5. The first-order valence-corrected chi connectivity index (χ1v) is 4.62. The van der Waals surface area contributed by atoms with Crippen molar-refractivity contribution in [3.8, 4) is 11.8 Å². The highest BCUT2D eigenvalue weighted by Crippen LogP contribution is 2.30. The van der Waals surface area contributed by atoms with E-state index in [0.29, 0.717) is 17.4 Å². The van der Waals surface area contributed by atoms with Crippen molar-refractivity contribution in [3.05, 3.63) is 6.33 Å². The Bertz CT molecular complexity index is 326. The Morgan fingerprint density at radius 3 is 2.64 bits per heavy atom. The first kappa shape index (κ1) is 9.05. The van der Waals surface area contributed by atoms with E-state index in [1.807, 2.05) is 0 Å². The molecule has 1 aromatic heterocycles. The van der Waals surface area contributed by atoms with Crippen LogP contribution >= 0.6 is 0 Å². The molecule has 0 saturated heterocycles. The Morgan fingerprint density at radius 1 is 1.36 bits per heavy atom. The first-order chi connectivity index (χ1) is 6.81. The molecular weight excluding hydrogens is 182 g/mol. The summed E-state index contributed by atoms with van der Waals surface area (Å²) in [5, 5.41) is 0. The second kappa shape index (κ2) is 3.69. The topological polar surface area (TPSA) is 70.3 Å². The lowest BCUT2D eigenvalue weighted by Crippen LogP contribution is -2.25. The Morgan fingerprint density at radius 2 is 2.07 bits per heavy atom. The molecular formula is C9H13N3O2. The molecule has 0 unspecified atom stereocenters. The fourth-order valence-electron chi connectivity index (χ4n) is 1.27. The second-order valence-electron chi connectivity index (χ2n) is 3.27. The van der Waals surface area contributed by atoms with Gasteiger partial charge in [-0.3, -0.25) is 0 Å². The second-order valence-corrected chi connectivity index (χ2v) is 3.27. The molecule has 0 aliphatic heterocycles. The SMILES string of the molecule is COc1ncnc(OC2CCC2)c1N. The Labute approximate surface area is 82.3 Å². The highest BCUT2D eigenvalue weighted by atomic mass is 16.5. The lowest BCUT2D eigenvalue weighted by atomic mass is 9.96. The third kappa shape index (κ3) is 1.57. The molecule has 0 aromatic carbocycles. The fourth-order valence-corrected chi connectivity index (χ4v) is 1.27.